The van der Waals surface area contributed by atoms with E-state index in [-0.39, 0.29) is 24.6 Å². The van der Waals surface area contributed by atoms with Crippen LogP contribution in [0.3, 0.4) is 0 Å². The molecule has 4 aromatic rings. The van der Waals surface area contributed by atoms with E-state index in [4.69, 9.17) is 4.74 Å². The quantitative estimate of drug-likeness (QED) is 0.280. The van der Waals surface area contributed by atoms with Crippen molar-refractivity contribution in [2.45, 2.75) is 16.7 Å². The second-order valence-electron chi connectivity index (χ2n) is 5.93. The van der Waals surface area contributed by atoms with Crippen molar-refractivity contribution in [3.8, 4) is 0 Å². The molecular formula is C20H15BrClFN4O2S2. The van der Waals surface area contributed by atoms with Crippen LogP contribution in [-0.2, 0) is 4.74 Å². The summed E-state index contributed by atoms with van der Waals surface area (Å²) in [5.41, 5.74) is 0.955. The van der Waals surface area contributed by atoms with Crippen LogP contribution in [0.5, 0.6) is 0 Å². The first-order chi connectivity index (χ1) is 14.5. The van der Waals surface area contributed by atoms with Crippen molar-refractivity contribution >= 4 is 78.7 Å². The fourth-order valence-corrected chi connectivity index (χ4v) is 4.90. The molecule has 0 fully saturated rings. The number of hydrogen-bond donors (Lipinski definition) is 1. The molecule has 0 saturated heterocycles. The lowest BCUT2D eigenvalue weighted by Crippen LogP contribution is -2.07. The number of hydrogen-bond acceptors (Lipinski definition) is 8. The fraction of sp³-hybridized carbons (Fsp3) is 0.100. The normalized spacial score (nSPS) is 10.5. The monoisotopic (exact) mass is 540 g/mol. The number of thiazole rings is 1. The first-order valence-corrected chi connectivity index (χ1v) is 11.2. The predicted molar refractivity (Wildman–Crippen MR) is 126 cm³/mol. The number of benzene rings is 1. The van der Waals surface area contributed by atoms with Gasteiger partial charge in [0.05, 0.1) is 17.1 Å². The lowest BCUT2D eigenvalue weighted by atomic mass is 10.2. The lowest BCUT2D eigenvalue weighted by molar-refractivity contribution is 0.0521. The van der Waals surface area contributed by atoms with Crippen molar-refractivity contribution in [1.82, 2.24) is 15.0 Å². The van der Waals surface area contributed by atoms with E-state index in [0.717, 1.165) is 19.7 Å². The highest BCUT2D eigenvalue weighted by molar-refractivity contribution is 9.10. The van der Waals surface area contributed by atoms with E-state index < -0.39 is 11.8 Å². The lowest BCUT2D eigenvalue weighted by Gasteiger charge is -2.12. The minimum absolute atomic E-state index is 0. The Labute approximate surface area is 200 Å². The van der Waals surface area contributed by atoms with Crippen molar-refractivity contribution in [3.05, 3.63) is 64.6 Å². The van der Waals surface area contributed by atoms with Crippen molar-refractivity contribution in [2.24, 2.45) is 0 Å². The highest BCUT2D eigenvalue weighted by Gasteiger charge is 2.17. The van der Waals surface area contributed by atoms with Crippen LogP contribution >= 0.6 is 51.4 Å². The van der Waals surface area contributed by atoms with Gasteiger partial charge in [0.1, 0.15) is 22.0 Å². The number of pyridine rings is 2. The van der Waals surface area contributed by atoms with Crippen LogP contribution in [0.1, 0.15) is 17.3 Å². The Morgan fingerprint density at radius 1 is 1.26 bits per heavy atom. The Bertz CT molecular complexity index is 1210. The zero-order chi connectivity index (χ0) is 21.1. The predicted octanol–water partition coefficient (Wildman–Crippen LogP) is 6.48. The molecule has 3 aromatic heterocycles. The standard InChI is InChI=1S/C20H14BrFN4O2S2.ClH/c1-2-28-19(27)13-9-12(22)5-6-15(13)29-16-8-11(21)10-24-17(16)26-20-25-14-4-3-7-23-18(14)30-20;/h3-10H,2H2,1H3,(H,24,25,26);1H. The summed E-state index contributed by atoms with van der Waals surface area (Å²) in [5.74, 6) is -0.523. The molecule has 4 rings (SSSR count). The van der Waals surface area contributed by atoms with Crippen molar-refractivity contribution < 1.29 is 13.9 Å². The van der Waals surface area contributed by atoms with Gasteiger partial charge in [0.25, 0.3) is 0 Å². The number of halogens is 3. The molecule has 31 heavy (non-hydrogen) atoms. The summed E-state index contributed by atoms with van der Waals surface area (Å²) in [6.45, 7) is 1.91. The molecular weight excluding hydrogens is 527 g/mol. The number of carbonyl (C=O) groups is 1. The zero-order valence-electron chi connectivity index (χ0n) is 16.0. The van der Waals surface area contributed by atoms with Crippen LogP contribution in [-0.4, -0.2) is 27.5 Å². The Balaban J connectivity index is 0.00000272. The first-order valence-electron chi connectivity index (χ1n) is 8.82. The Morgan fingerprint density at radius 2 is 2.10 bits per heavy atom. The van der Waals surface area contributed by atoms with Crippen LogP contribution in [0, 0.1) is 5.82 Å². The van der Waals surface area contributed by atoms with Crippen LogP contribution in [0.15, 0.2) is 63.1 Å². The number of esters is 1. The van der Waals surface area contributed by atoms with Crippen LogP contribution in [0.2, 0.25) is 0 Å². The van der Waals surface area contributed by atoms with E-state index in [1.807, 2.05) is 18.2 Å². The molecule has 3 heterocycles. The average Bonchev–Trinajstić information content (AvgIpc) is 3.14. The van der Waals surface area contributed by atoms with Crippen LogP contribution in [0.4, 0.5) is 15.3 Å². The van der Waals surface area contributed by atoms with Gasteiger partial charge in [0, 0.05) is 21.8 Å². The molecule has 0 saturated carbocycles. The summed E-state index contributed by atoms with van der Waals surface area (Å²) in [6, 6.07) is 9.62. The maximum atomic E-state index is 13.8. The summed E-state index contributed by atoms with van der Waals surface area (Å²) < 4.78 is 19.6. The molecule has 1 aromatic carbocycles. The molecule has 0 unspecified atom stereocenters. The first kappa shape index (κ1) is 23.4. The third-order valence-electron chi connectivity index (χ3n) is 3.87. The number of rotatable bonds is 6. The maximum Gasteiger partial charge on any atom is 0.339 e. The summed E-state index contributed by atoms with van der Waals surface area (Å²) in [7, 11) is 0. The Kier molecular flexibility index (Phi) is 7.82. The molecule has 6 nitrogen and oxygen atoms in total. The van der Waals surface area contributed by atoms with Gasteiger partial charge >= 0.3 is 5.97 Å². The minimum Gasteiger partial charge on any atom is -0.462 e. The fourth-order valence-electron chi connectivity index (χ4n) is 2.60. The number of anilines is 2. The molecule has 0 aliphatic heterocycles. The number of fused-ring (bicyclic) bond motifs is 1. The van der Waals surface area contributed by atoms with Crippen LogP contribution in [0.25, 0.3) is 10.3 Å². The number of carbonyl (C=O) groups excluding carboxylic acids is 1. The smallest absolute Gasteiger partial charge is 0.339 e. The third kappa shape index (κ3) is 5.51. The summed E-state index contributed by atoms with van der Waals surface area (Å²) in [5, 5.41) is 3.86. The van der Waals surface area contributed by atoms with E-state index in [2.05, 4.69) is 36.2 Å². The van der Waals surface area contributed by atoms with Crippen molar-refractivity contribution in [2.75, 3.05) is 11.9 Å². The molecule has 0 aliphatic carbocycles. The molecule has 0 amide bonds. The third-order valence-corrected chi connectivity index (χ3v) is 6.30. The summed E-state index contributed by atoms with van der Waals surface area (Å²) in [6.07, 6.45) is 3.38. The van der Waals surface area contributed by atoms with Crippen LogP contribution < -0.4 is 5.32 Å². The Hall–Kier alpha value is -2.27. The molecule has 1 N–H and O–H groups in total. The van der Waals surface area contributed by atoms with Gasteiger partial charge < -0.3 is 10.1 Å². The van der Waals surface area contributed by atoms with Crippen molar-refractivity contribution in [3.63, 3.8) is 0 Å². The van der Waals surface area contributed by atoms with Gasteiger partial charge in [-0.3, -0.25) is 0 Å². The van der Waals surface area contributed by atoms with E-state index in [0.29, 0.717) is 15.8 Å². The molecule has 0 atom stereocenters. The topological polar surface area (TPSA) is 77.0 Å². The van der Waals surface area contributed by atoms with E-state index in [1.54, 1.807) is 25.4 Å². The maximum absolute atomic E-state index is 13.8. The molecule has 0 spiro atoms. The van der Waals surface area contributed by atoms with E-state index in [1.165, 1.54) is 35.2 Å². The number of nitrogens with zero attached hydrogens (tertiary/aromatic N) is 3. The number of aromatic nitrogens is 3. The highest BCUT2D eigenvalue weighted by atomic mass is 79.9. The molecule has 0 radical (unpaired) electrons. The second-order valence-corrected chi connectivity index (χ2v) is 8.91. The molecule has 0 bridgehead atoms. The molecule has 11 heteroatoms. The van der Waals surface area contributed by atoms with E-state index >= 15 is 0 Å². The SMILES string of the molecule is CCOC(=O)c1cc(F)ccc1Sc1cc(Br)cnc1Nc1nc2cccnc2s1.Cl. The van der Waals surface area contributed by atoms with Gasteiger partial charge in [-0.15, -0.1) is 12.4 Å². The van der Waals surface area contributed by atoms with E-state index in [9.17, 15) is 9.18 Å². The van der Waals surface area contributed by atoms with Gasteiger partial charge in [0.15, 0.2) is 5.13 Å². The number of nitrogens with one attached hydrogen (secondary N) is 1. The minimum atomic E-state index is -0.575. The van der Waals surface area contributed by atoms with Gasteiger partial charge in [-0.1, -0.05) is 23.1 Å². The highest BCUT2D eigenvalue weighted by Crippen LogP contribution is 2.38. The van der Waals surface area contributed by atoms with Gasteiger partial charge in [-0.05, 0) is 59.3 Å². The second kappa shape index (κ2) is 10.4. The summed E-state index contributed by atoms with van der Waals surface area (Å²) in [4.78, 5) is 27.7. The van der Waals surface area contributed by atoms with Gasteiger partial charge in [0.2, 0.25) is 0 Å². The molecule has 160 valence electrons. The average molecular weight is 542 g/mol. The van der Waals surface area contributed by atoms with Gasteiger partial charge in [-0.25, -0.2) is 24.1 Å². The van der Waals surface area contributed by atoms with Gasteiger partial charge in [-0.2, -0.15) is 0 Å². The zero-order valence-corrected chi connectivity index (χ0v) is 20.0. The molecule has 0 aliphatic rings. The van der Waals surface area contributed by atoms with Crippen molar-refractivity contribution in [1.29, 1.82) is 0 Å². The largest absolute Gasteiger partial charge is 0.462 e. The Morgan fingerprint density at radius 3 is 2.87 bits per heavy atom. The number of ether oxygens (including phenoxy) is 1. The summed E-state index contributed by atoms with van der Waals surface area (Å²) >= 11 is 6.12.